The second kappa shape index (κ2) is 5.96. The highest BCUT2D eigenvalue weighted by molar-refractivity contribution is 4.81. The molecule has 2 atom stereocenters. The van der Waals surface area contributed by atoms with E-state index in [-0.39, 0.29) is 0 Å². The first-order valence-corrected chi connectivity index (χ1v) is 6.58. The van der Waals surface area contributed by atoms with E-state index >= 15 is 0 Å². The third kappa shape index (κ3) is 3.17. The summed E-state index contributed by atoms with van der Waals surface area (Å²) in [5, 5.41) is 3.39. The second-order valence-electron chi connectivity index (χ2n) is 4.93. The molecule has 2 heterocycles. The van der Waals surface area contributed by atoms with Crippen molar-refractivity contribution in [3.63, 3.8) is 0 Å². The van der Waals surface area contributed by atoms with E-state index in [4.69, 9.17) is 4.74 Å². The van der Waals surface area contributed by atoms with Crippen LogP contribution in [0.1, 0.15) is 13.8 Å². The molecular formula is C12H25N3O. The Morgan fingerprint density at radius 2 is 2.25 bits per heavy atom. The van der Waals surface area contributed by atoms with Crippen LogP contribution >= 0.6 is 0 Å². The van der Waals surface area contributed by atoms with E-state index in [0.29, 0.717) is 12.1 Å². The molecule has 4 nitrogen and oxygen atoms in total. The largest absolute Gasteiger partial charge is 0.374 e. The van der Waals surface area contributed by atoms with Crippen LogP contribution < -0.4 is 5.32 Å². The fourth-order valence-corrected chi connectivity index (χ4v) is 2.73. The Balaban J connectivity index is 1.74. The molecule has 2 unspecified atom stereocenters. The average Bonchev–Trinajstić information content (AvgIpc) is 2.31. The smallest absolute Gasteiger partial charge is 0.0826 e. The zero-order chi connectivity index (χ0) is 11.4. The van der Waals surface area contributed by atoms with Crippen LogP contribution in [0.3, 0.4) is 0 Å². The number of likely N-dealkylation sites (N-methyl/N-ethyl adjacent to an activating group) is 1. The molecule has 0 bridgehead atoms. The molecule has 94 valence electrons. The molecular weight excluding hydrogens is 202 g/mol. The van der Waals surface area contributed by atoms with Gasteiger partial charge in [-0.1, -0.05) is 6.92 Å². The van der Waals surface area contributed by atoms with Crippen LogP contribution in [0.5, 0.6) is 0 Å². The van der Waals surface area contributed by atoms with E-state index in [1.807, 2.05) is 0 Å². The summed E-state index contributed by atoms with van der Waals surface area (Å²) in [7, 11) is 0. The van der Waals surface area contributed by atoms with Crippen LogP contribution in [-0.2, 0) is 4.74 Å². The maximum Gasteiger partial charge on any atom is 0.0826 e. The molecule has 2 saturated heterocycles. The van der Waals surface area contributed by atoms with E-state index in [1.165, 1.54) is 26.2 Å². The summed E-state index contributed by atoms with van der Waals surface area (Å²) >= 11 is 0. The highest BCUT2D eigenvalue weighted by atomic mass is 16.5. The van der Waals surface area contributed by atoms with Crippen molar-refractivity contribution in [3.8, 4) is 0 Å². The normalized spacial score (nSPS) is 34.1. The van der Waals surface area contributed by atoms with Crippen molar-refractivity contribution >= 4 is 0 Å². The Morgan fingerprint density at radius 1 is 1.38 bits per heavy atom. The number of nitrogens with zero attached hydrogens (tertiary/aromatic N) is 2. The van der Waals surface area contributed by atoms with Gasteiger partial charge in [-0.15, -0.1) is 0 Å². The van der Waals surface area contributed by atoms with Crippen molar-refractivity contribution in [1.29, 1.82) is 0 Å². The van der Waals surface area contributed by atoms with Gasteiger partial charge in [0.15, 0.2) is 0 Å². The maximum absolute atomic E-state index is 5.75. The first-order chi connectivity index (χ1) is 7.79. The van der Waals surface area contributed by atoms with Crippen LogP contribution in [-0.4, -0.2) is 74.4 Å². The molecule has 4 heteroatoms. The van der Waals surface area contributed by atoms with Gasteiger partial charge in [0.25, 0.3) is 0 Å². The van der Waals surface area contributed by atoms with E-state index in [2.05, 4.69) is 29.0 Å². The van der Waals surface area contributed by atoms with Gasteiger partial charge in [-0.3, -0.25) is 9.80 Å². The van der Waals surface area contributed by atoms with Gasteiger partial charge < -0.3 is 10.1 Å². The number of morpholine rings is 1. The molecule has 2 fully saturated rings. The van der Waals surface area contributed by atoms with Crippen LogP contribution in [0, 0.1) is 0 Å². The lowest BCUT2D eigenvalue weighted by Crippen LogP contribution is -2.55. The minimum Gasteiger partial charge on any atom is -0.374 e. The Bertz CT molecular complexity index is 206. The number of ether oxygens (including phenoxy) is 1. The van der Waals surface area contributed by atoms with Crippen LogP contribution in [0.15, 0.2) is 0 Å². The summed E-state index contributed by atoms with van der Waals surface area (Å²) in [4.78, 5) is 5.10. The van der Waals surface area contributed by atoms with Gasteiger partial charge in [-0.2, -0.15) is 0 Å². The Hall–Kier alpha value is -0.160. The van der Waals surface area contributed by atoms with Gasteiger partial charge in [-0.25, -0.2) is 0 Å². The lowest BCUT2D eigenvalue weighted by Gasteiger charge is -2.41. The van der Waals surface area contributed by atoms with Crippen LogP contribution in [0.4, 0.5) is 0 Å². The van der Waals surface area contributed by atoms with Gasteiger partial charge in [0.05, 0.1) is 12.7 Å². The van der Waals surface area contributed by atoms with E-state index in [1.54, 1.807) is 0 Å². The maximum atomic E-state index is 5.75. The molecule has 0 amide bonds. The minimum atomic E-state index is 0.397. The molecule has 2 rings (SSSR count). The standard InChI is InChI=1S/C12H25N3O/c1-3-15-6-5-14(9-11(15)2)10-12-8-13-4-7-16-12/h11-13H,3-10H2,1-2H3. The molecule has 0 aliphatic carbocycles. The summed E-state index contributed by atoms with van der Waals surface area (Å²) in [6.45, 7) is 13.3. The van der Waals surface area contributed by atoms with Crippen molar-refractivity contribution in [1.82, 2.24) is 15.1 Å². The third-order valence-corrected chi connectivity index (χ3v) is 3.72. The molecule has 2 aliphatic heterocycles. The monoisotopic (exact) mass is 227 g/mol. The van der Waals surface area contributed by atoms with Crippen molar-refractivity contribution in [2.24, 2.45) is 0 Å². The molecule has 2 aliphatic rings. The van der Waals surface area contributed by atoms with Crippen molar-refractivity contribution in [2.45, 2.75) is 26.0 Å². The number of piperazine rings is 1. The average molecular weight is 227 g/mol. The first-order valence-electron chi connectivity index (χ1n) is 6.58. The van der Waals surface area contributed by atoms with Crippen molar-refractivity contribution in [2.75, 3.05) is 52.4 Å². The molecule has 16 heavy (non-hydrogen) atoms. The molecule has 0 aromatic heterocycles. The predicted molar refractivity (Wildman–Crippen MR) is 65.8 cm³/mol. The second-order valence-corrected chi connectivity index (χ2v) is 4.93. The number of nitrogens with one attached hydrogen (secondary N) is 1. The zero-order valence-electron chi connectivity index (χ0n) is 10.6. The van der Waals surface area contributed by atoms with Gasteiger partial charge in [0.2, 0.25) is 0 Å². The first kappa shape index (κ1) is 12.3. The summed E-state index contributed by atoms with van der Waals surface area (Å²) in [5.41, 5.74) is 0. The highest BCUT2D eigenvalue weighted by Crippen LogP contribution is 2.10. The Morgan fingerprint density at radius 3 is 2.88 bits per heavy atom. The molecule has 0 spiro atoms. The van der Waals surface area contributed by atoms with Gasteiger partial charge in [0, 0.05) is 45.3 Å². The van der Waals surface area contributed by atoms with E-state index in [9.17, 15) is 0 Å². The van der Waals surface area contributed by atoms with Gasteiger partial charge >= 0.3 is 0 Å². The summed E-state index contributed by atoms with van der Waals surface area (Å²) in [6.07, 6.45) is 0.397. The summed E-state index contributed by atoms with van der Waals surface area (Å²) in [5.74, 6) is 0. The Labute approximate surface area is 98.9 Å². The molecule has 0 saturated carbocycles. The summed E-state index contributed by atoms with van der Waals surface area (Å²) < 4.78 is 5.75. The van der Waals surface area contributed by atoms with Gasteiger partial charge in [0.1, 0.15) is 0 Å². The van der Waals surface area contributed by atoms with Crippen LogP contribution in [0.2, 0.25) is 0 Å². The van der Waals surface area contributed by atoms with E-state index < -0.39 is 0 Å². The van der Waals surface area contributed by atoms with Gasteiger partial charge in [-0.05, 0) is 13.5 Å². The fraction of sp³-hybridized carbons (Fsp3) is 1.00. The highest BCUT2D eigenvalue weighted by Gasteiger charge is 2.25. The zero-order valence-corrected chi connectivity index (χ0v) is 10.6. The lowest BCUT2D eigenvalue weighted by atomic mass is 10.1. The quantitative estimate of drug-likeness (QED) is 0.734. The topological polar surface area (TPSA) is 27.7 Å². The van der Waals surface area contributed by atoms with Crippen LogP contribution in [0.25, 0.3) is 0 Å². The lowest BCUT2D eigenvalue weighted by molar-refractivity contribution is -0.0111. The number of hydrogen-bond acceptors (Lipinski definition) is 4. The third-order valence-electron chi connectivity index (χ3n) is 3.72. The fourth-order valence-electron chi connectivity index (χ4n) is 2.73. The summed E-state index contributed by atoms with van der Waals surface area (Å²) in [6, 6.07) is 0.690. The number of hydrogen-bond donors (Lipinski definition) is 1. The van der Waals surface area contributed by atoms with E-state index in [0.717, 1.165) is 26.2 Å². The van der Waals surface area contributed by atoms with Crippen molar-refractivity contribution < 1.29 is 4.74 Å². The molecule has 0 radical (unpaired) electrons. The molecule has 0 aromatic carbocycles. The predicted octanol–water partition coefficient (Wildman–Crippen LogP) is 0.000800. The molecule has 1 N–H and O–H groups in total. The SMILES string of the molecule is CCN1CCN(CC2CNCCO2)CC1C. The van der Waals surface area contributed by atoms with Crippen molar-refractivity contribution in [3.05, 3.63) is 0 Å². The number of rotatable bonds is 3. The molecule has 0 aromatic rings. The minimum absolute atomic E-state index is 0.397. The Kier molecular flexibility index (Phi) is 4.58.